The fourth-order valence-corrected chi connectivity index (χ4v) is 3.64. The van der Waals surface area contributed by atoms with Crippen molar-refractivity contribution in [1.29, 1.82) is 0 Å². The second kappa shape index (κ2) is 8.00. The van der Waals surface area contributed by atoms with Gasteiger partial charge in [-0.2, -0.15) is 0 Å². The molecule has 1 amide bonds. The molecule has 1 unspecified atom stereocenters. The van der Waals surface area contributed by atoms with E-state index in [1.807, 2.05) is 41.6 Å². The molecule has 4 rings (SSSR count). The Kier molecular flexibility index (Phi) is 5.29. The van der Waals surface area contributed by atoms with Gasteiger partial charge in [0.05, 0.1) is 0 Å². The van der Waals surface area contributed by atoms with Crippen molar-refractivity contribution in [2.75, 3.05) is 39.3 Å². The van der Waals surface area contributed by atoms with Crippen molar-refractivity contribution in [3.63, 3.8) is 0 Å². The van der Waals surface area contributed by atoms with Gasteiger partial charge in [0.15, 0.2) is 11.5 Å². The van der Waals surface area contributed by atoms with E-state index in [4.69, 9.17) is 9.47 Å². The molecule has 1 saturated heterocycles. The van der Waals surface area contributed by atoms with E-state index in [1.54, 1.807) is 0 Å². The van der Waals surface area contributed by atoms with Crippen molar-refractivity contribution >= 4 is 5.91 Å². The normalized spacial score (nSPS) is 19.9. The molecule has 1 aromatic carbocycles. The maximum atomic E-state index is 12.8. The highest BCUT2D eigenvalue weighted by Crippen LogP contribution is 2.31. The fourth-order valence-electron chi connectivity index (χ4n) is 3.64. The van der Waals surface area contributed by atoms with Gasteiger partial charge in [-0.05, 0) is 12.1 Å². The Labute approximate surface area is 159 Å². The van der Waals surface area contributed by atoms with Gasteiger partial charge in [0.25, 0.3) is 5.91 Å². The van der Waals surface area contributed by atoms with Gasteiger partial charge < -0.3 is 18.9 Å². The standard InChI is InChI=1S/C20H26N4O3/c1-2-19-21-7-8-23(19)12-9-22-10-13-24(14-11-22)20(25)18-15-26-16-5-3-4-6-17(16)27-18/h3-8,18H,2,9-15H2,1H3. The SMILES string of the molecule is CCc1nccn1CCN1CCN(C(=O)C2COc3ccccc3O2)CC1. The van der Waals surface area contributed by atoms with Crippen LogP contribution in [0.25, 0.3) is 0 Å². The van der Waals surface area contributed by atoms with Gasteiger partial charge in [-0.15, -0.1) is 0 Å². The van der Waals surface area contributed by atoms with Crippen LogP contribution in [-0.2, 0) is 17.8 Å². The van der Waals surface area contributed by atoms with Crippen molar-refractivity contribution in [3.8, 4) is 11.5 Å². The maximum absolute atomic E-state index is 12.8. The van der Waals surface area contributed by atoms with E-state index in [0.717, 1.165) is 51.5 Å². The number of fused-ring (bicyclic) bond motifs is 1. The fraction of sp³-hybridized carbons (Fsp3) is 0.500. The van der Waals surface area contributed by atoms with Crippen LogP contribution in [0.15, 0.2) is 36.7 Å². The quantitative estimate of drug-likeness (QED) is 0.797. The minimum atomic E-state index is -0.551. The van der Waals surface area contributed by atoms with Gasteiger partial charge in [-0.25, -0.2) is 4.98 Å². The summed E-state index contributed by atoms with van der Waals surface area (Å²) in [5, 5.41) is 0. The first-order valence-electron chi connectivity index (χ1n) is 9.64. The lowest BCUT2D eigenvalue weighted by Gasteiger charge is -2.37. The summed E-state index contributed by atoms with van der Waals surface area (Å²) in [6, 6.07) is 7.49. The van der Waals surface area contributed by atoms with Crippen molar-refractivity contribution in [2.24, 2.45) is 0 Å². The van der Waals surface area contributed by atoms with Gasteiger partial charge in [0.2, 0.25) is 6.10 Å². The number of rotatable bonds is 5. The molecule has 0 aliphatic carbocycles. The number of carbonyl (C=O) groups is 1. The molecule has 27 heavy (non-hydrogen) atoms. The van der Waals surface area contributed by atoms with Crippen molar-refractivity contribution in [3.05, 3.63) is 42.5 Å². The molecule has 0 N–H and O–H groups in total. The number of carbonyl (C=O) groups excluding carboxylic acids is 1. The Hall–Kier alpha value is -2.54. The first-order chi connectivity index (χ1) is 13.2. The van der Waals surface area contributed by atoms with Crippen LogP contribution < -0.4 is 9.47 Å². The van der Waals surface area contributed by atoms with Crippen molar-refractivity contribution in [2.45, 2.75) is 26.0 Å². The Morgan fingerprint density at radius 3 is 2.70 bits per heavy atom. The number of imidazole rings is 1. The lowest BCUT2D eigenvalue weighted by atomic mass is 10.2. The first-order valence-corrected chi connectivity index (χ1v) is 9.64. The third-order valence-corrected chi connectivity index (χ3v) is 5.24. The smallest absolute Gasteiger partial charge is 0.267 e. The number of aromatic nitrogens is 2. The van der Waals surface area contributed by atoms with Gasteiger partial charge in [0.1, 0.15) is 12.4 Å². The first kappa shape index (κ1) is 17.9. The predicted octanol–water partition coefficient (Wildman–Crippen LogP) is 1.43. The number of para-hydroxylation sites is 2. The van der Waals surface area contributed by atoms with Crippen LogP contribution in [0.1, 0.15) is 12.7 Å². The zero-order valence-electron chi connectivity index (χ0n) is 15.7. The predicted molar refractivity (Wildman–Crippen MR) is 101 cm³/mol. The summed E-state index contributed by atoms with van der Waals surface area (Å²) in [4.78, 5) is 21.5. The van der Waals surface area contributed by atoms with E-state index < -0.39 is 6.10 Å². The van der Waals surface area contributed by atoms with Crippen LogP contribution in [0, 0.1) is 0 Å². The number of ether oxygens (including phenoxy) is 2. The van der Waals surface area contributed by atoms with Crippen molar-refractivity contribution in [1.82, 2.24) is 19.4 Å². The average Bonchev–Trinajstić information content (AvgIpc) is 3.19. The van der Waals surface area contributed by atoms with E-state index in [9.17, 15) is 4.79 Å². The van der Waals surface area contributed by atoms with Gasteiger partial charge >= 0.3 is 0 Å². The number of aryl methyl sites for hydroxylation is 1. The number of benzene rings is 1. The maximum Gasteiger partial charge on any atom is 0.267 e. The zero-order chi connectivity index (χ0) is 18.6. The Balaban J connectivity index is 1.26. The summed E-state index contributed by atoms with van der Waals surface area (Å²) >= 11 is 0. The minimum Gasteiger partial charge on any atom is -0.485 e. The number of hydrogen-bond donors (Lipinski definition) is 0. The third-order valence-electron chi connectivity index (χ3n) is 5.24. The topological polar surface area (TPSA) is 59.8 Å². The molecule has 0 radical (unpaired) electrons. The number of amides is 1. The van der Waals surface area contributed by atoms with E-state index in [2.05, 4.69) is 21.4 Å². The summed E-state index contributed by atoms with van der Waals surface area (Å²) in [6.07, 6.45) is 4.29. The molecule has 1 atom stereocenters. The highest BCUT2D eigenvalue weighted by atomic mass is 16.6. The van der Waals surface area contributed by atoms with Crippen molar-refractivity contribution < 1.29 is 14.3 Å². The van der Waals surface area contributed by atoms with Gasteiger partial charge in [-0.1, -0.05) is 19.1 Å². The highest BCUT2D eigenvalue weighted by Gasteiger charge is 2.32. The molecule has 144 valence electrons. The third kappa shape index (κ3) is 3.93. The Morgan fingerprint density at radius 1 is 1.15 bits per heavy atom. The molecule has 1 aromatic heterocycles. The lowest BCUT2D eigenvalue weighted by molar-refractivity contribution is -0.143. The molecule has 2 aliphatic rings. The average molecular weight is 370 g/mol. The molecule has 0 spiro atoms. The molecular weight excluding hydrogens is 344 g/mol. The molecule has 7 nitrogen and oxygen atoms in total. The van der Waals surface area contributed by atoms with E-state index >= 15 is 0 Å². The largest absolute Gasteiger partial charge is 0.485 e. The lowest BCUT2D eigenvalue weighted by Crippen LogP contribution is -2.54. The van der Waals surface area contributed by atoms with E-state index in [0.29, 0.717) is 11.5 Å². The molecule has 3 heterocycles. The molecule has 0 bridgehead atoms. The Bertz CT molecular complexity index is 783. The monoisotopic (exact) mass is 370 g/mol. The number of nitrogens with zero attached hydrogens (tertiary/aromatic N) is 4. The second-order valence-electron chi connectivity index (χ2n) is 6.92. The molecule has 0 saturated carbocycles. The highest BCUT2D eigenvalue weighted by molar-refractivity contribution is 5.82. The molecule has 1 fully saturated rings. The van der Waals surface area contributed by atoms with Gasteiger partial charge in [0, 0.05) is 58.1 Å². The van der Waals surface area contributed by atoms with Crippen LogP contribution in [0.4, 0.5) is 0 Å². The van der Waals surface area contributed by atoms with E-state index in [1.165, 1.54) is 0 Å². The second-order valence-corrected chi connectivity index (χ2v) is 6.92. The van der Waals surface area contributed by atoms with Crippen LogP contribution in [0.5, 0.6) is 11.5 Å². The van der Waals surface area contributed by atoms with Crippen LogP contribution in [0.3, 0.4) is 0 Å². The zero-order valence-corrected chi connectivity index (χ0v) is 15.7. The number of hydrogen-bond acceptors (Lipinski definition) is 5. The molecular formula is C20H26N4O3. The molecule has 2 aromatic rings. The molecule has 2 aliphatic heterocycles. The summed E-state index contributed by atoms with van der Waals surface area (Å²) < 4.78 is 13.7. The van der Waals surface area contributed by atoms with Crippen LogP contribution in [0.2, 0.25) is 0 Å². The summed E-state index contributed by atoms with van der Waals surface area (Å²) in [7, 11) is 0. The summed E-state index contributed by atoms with van der Waals surface area (Å²) in [6.45, 7) is 7.53. The molecule has 7 heteroatoms. The summed E-state index contributed by atoms with van der Waals surface area (Å²) in [5.74, 6) is 2.50. The van der Waals surface area contributed by atoms with E-state index in [-0.39, 0.29) is 12.5 Å². The van der Waals surface area contributed by atoms with Gasteiger partial charge in [-0.3, -0.25) is 9.69 Å². The number of piperazine rings is 1. The van der Waals surface area contributed by atoms with Crippen LogP contribution in [-0.4, -0.2) is 70.7 Å². The summed E-state index contributed by atoms with van der Waals surface area (Å²) in [5.41, 5.74) is 0. The Morgan fingerprint density at radius 2 is 1.93 bits per heavy atom. The minimum absolute atomic E-state index is 0.0204. The van der Waals surface area contributed by atoms with Crippen LogP contribution >= 0.6 is 0 Å².